The molecule has 8 nitrogen and oxygen atoms in total. The molecule has 0 saturated heterocycles. The maximum Gasteiger partial charge on any atom is 0.317 e. The number of nitrogens with zero attached hydrogens (tertiary/aromatic N) is 2. The number of carboxylic acid groups (broad SMARTS) is 2. The van der Waals surface area contributed by atoms with E-state index in [0.717, 1.165) is 11.1 Å². The van der Waals surface area contributed by atoms with Crippen LogP contribution in [0.25, 0.3) is 0 Å². The Morgan fingerprint density at radius 2 is 1.10 bits per heavy atom. The average molecular weight is 402 g/mol. The number of carbonyl (C=O) groups is 2. The van der Waals surface area contributed by atoms with Gasteiger partial charge in [0.1, 0.15) is 11.5 Å². The van der Waals surface area contributed by atoms with Crippen LogP contribution in [0, 0.1) is 0 Å². The highest BCUT2D eigenvalue weighted by Crippen LogP contribution is 2.22. The van der Waals surface area contributed by atoms with E-state index in [1.807, 2.05) is 29.2 Å². The van der Waals surface area contributed by atoms with E-state index in [2.05, 4.69) is 0 Å². The fourth-order valence-electron chi connectivity index (χ4n) is 3.10. The summed E-state index contributed by atoms with van der Waals surface area (Å²) in [6, 6.07) is 14.0. The van der Waals surface area contributed by atoms with Crippen molar-refractivity contribution in [2.45, 2.75) is 19.5 Å². The molecule has 0 unspecified atom stereocenters. The summed E-state index contributed by atoms with van der Waals surface area (Å²) >= 11 is 0. The molecule has 0 saturated carbocycles. The number of aliphatic carboxylic acids is 2. The van der Waals surface area contributed by atoms with Gasteiger partial charge in [-0.1, -0.05) is 36.4 Å². The van der Waals surface area contributed by atoms with Gasteiger partial charge < -0.3 is 20.4 Å². The van der Waals surface area contributed by atoms with Crippen LogP contribution < -0.4 is 0 Å². The Labute approximate surface area is 169 Å². The molecule has 2 aromatic carbocycles. The predicted octanol–water partition coefficient (Wildman–Crippen LogP) is 1.96. The first-order chi connectivity index (χ1) is 13.8. The summed E-state index contributed by atoms with van der Waals surface area (Å²) in [7, 11) is 0. The summed E-state index contributed by atoms with van der Waals surface area (Å²) in [5, 5.41) is 38.1. The van der Waals surface area contributed by atoms with Gasteiger partial charge in [0.2, 0.25) is 0 Å². The molecule has 0 spiro atoms. The number of phenols is 2. The molecule has 0 aromatic heterocycles. The SMILES string of the molecule is O=C(O)CN(CCCN(Cc1ccccc1O)Cc1ccccc1O)CC(=O)O. The molecule has 156 valence electrons. The summed E-state index contributed by atoms with van der Waals surface area (Å²) < 4.78 is 0. The van der Waals surface area contributed by atoms with Gasteiger partial charge in [0.05, 0.1) is 13.1 Å². The molecule has 0 amide bonds. The first-order valence-corrected chi connectivity index (χ1v) is 9.27. The van der Waals surface area contributed by atoms with Crippen molar-refractivity contribution in [1.82, 2.24) is 9.80 Å². The normalized spacial score (nSPS) is 11.1. The summed E-state index contributed by atoms with van der Waals surface area (Å²) in [6.45, 7) is 1.00. The third kappa shape index (κ3) is 7.81. The minimum Gasteiger partial charge on any atom is -0.508 e. The minimum absolute atomic E-state index is 0.174. The van der Waals surface area contributed by atoms with E-state index in [0.29, 0.717) is 32.6 Å². The van der Waals surface area contributed by atoms with Crippen molar-refractivity contribution in [3.05, 3.63) is 59.7 Å². The molecule has 0 aliphatic rings. The van der Waals surface area contributed by atoms with E-state index in [-0.39, 0.29) is 24.6 Å². The number of para-hydroxylation sites is 2. The van der Waals surface area contributed by atoms with Crippen molar-refractivity contribution in [2.75, 3.05) is 26.2 Å². The second-order valence-electron chi connectivity index (χ2n) is 6.82. The van der Waals surface area contributed by atoms with Crippen molar-refractivity contribution >= 4 is 11.9 Å². The van der Waals surface area contributed by atoms with Gasteiger partial charge in [-0.2, -0.15) is 0 Å². The molecule has 8 heteroatoms. The van der Waals surface area contributed by atoms with Crippen LogP contribution in [0.3, 0.4) is 0 Å². The molecule has 0 aliphatic heterocycles. The van der Waals surface area contributed by atoms with Crippen molar-refractivity contribution < 1.29 is 30.0 Å². The maximum atomic E-state index is 10.9. The van der Waals surface area contributed by atoms with Crippen LogP contribution in [0.2, 0.25) is 0 Å². The van der Waals surface area contributed by atoms with Crippen LogP contribution in [-0.4, -0.2) is 68.3 Å². The maximum absolute atomic E-state index is 10.9. The van der Waals surface area contributed by atoms with Crippen molar-refractivity contribution in [1.29, 1.82) is 0 Å². The predicted molar refractivity (Wildman–Crippen MR) is 107 cm³/mol. The van der Waals surface area contributed by atoms with E-state index in [1.54, 1.807) is 24.3 Å². The number of benzene rings is 2. The van der Waals surface area contributed by atoms with Gasteiger partial charge in [-0.3, -0.25) is 19.4 Å². The van der Waals surface area contributed by atoms with E-state index >= 15 is 0 Å². The summed E-state index contributed by atoms with van der Waals surface area (Å²) in [4.78, 5) is 25.3. The van der Waals surface area contributed by atoms with Gasteiger partial charge in [0, 0.05) is 37.3 Å². The molecule has 0 aliphatic carbocycles. The van der Waals surface area contributed by atoms with Crippen molar-refractivity contribution in [2.24, 2.45) is 0 Å². The Hall–Kier alpha value is -3.10. The Bertz CT molecular complexity index is 763. The molecule has 0 heterocycles. The van der Waals surface area contributed by atoms with E-state index in [1.165, 1.54) is 4.90 Å². The van der Waals surface area contributed by atoms with Crippen molar-refractivity contribution in [3.8, 4) is 11.5 Å². The Kier molecular flexibility index (Phi) is 8.45. The van der Waals surface area contributed by atoms with E-state index < -0.39 is 11.9 Å². The van der Waals surface area contributed by atoms with Crippen LogP contribution in [0.1, 0.15) is 17.5 Å². The number of hydrogen-bond acceptors (Lipinski definition) is 6. The van der Waals surface area contributed by atoms with Gasteiger partial charge in [-0.15, -0.1) is 0 Å². The van der Waals surface area contributed by atoms with Crippen LogP contribution in [-0.2, 0) is 22.7 Å². The monoisotopic (exact) mass is 402 g/mol. The highest BCUT2D eigenvalue weighted by atomic mass is 16.4. The molecule has 0 radical (unpaired) electrons. The lowest BCUT2D eigenvalue weighted by Crippen LogP contribution is -2.36. The Morgan fingerprint density at radius 3 is 1.52 bits per heavy atom. The van der Waals surface area contributed by atoms with Gasteiger partial charge in [0.25, 0.3) is 0 Å². The fraction of sp³-hybridized carbons (Fsp3) is 0.333. The third-order valence-electron chi connectivity index (χ3n) is 4.44. The van der Waals surface area contributed by atoms with Gasteiger partial charge in [-0.25, -0.2) is 0 Å². The van der Waals surface area contributed by atoms with Crippen LogP contribution in [0.4, 0.5) is 0 Å². The highest BCUT2D eigenvalue weighted by molar-refractivity contribution is 5.72. The first kappa shape index (κ1) is 22.2. The molecule has 4 N–H and O–H groups in total. The number of carboxylic acids is 2. The van der Waals surface area contributed by atoms with Crippen molar-refractivity contribution in [3.63, 3.8) is 0 Å². The summed E-state index contributed by atoms with van der Waals surface area (Å²) in [5.41, 5.74) is 1.46. The zero-order valence-electron chi connectivity index (χ0n) is 16.1. The minimum atomic E-state index is -1.08. The van der Waals surface area contributed by atoms with Crippen LogP contribution >= 0.6 is 0 Å². The van der Waals surface area contributed by atoms with Gasteiger partial charge in [-0.05, 0) is 18.6 Å². The second kappa shape index (κ2) is 11.0. The molecule has 2 aromatic rings. The lowest BCUT2D eigenvalue weighted by molar-refractivity contribution is -0.141. The molecule has 0 atom stereocenters. The average Bonchev–Trinajstić information content (AvgIpc) is 2.64. The summed E-state index contributed by atoms with van der Waals surface area (Å²) in [5.74, 6) is -1.81. The third-order valence-corrected chi connectivity index (χ3v) is 4.44. The zero-order chi connectivity index (χ0) is 21.2. The number of aromatic hydroxyl groups is 2. The van der Waals surface area contributed by atoms with E-state index in [9.17, 15) is 19.8 Å². The summed E-state index contributed by atoms with van der Waals surface area (Å²) in [6.07, 6.45) is 0.530. The second-order valence-corrected chi connectivity index (χ2v) is 6.82. The van der Waals surface area contributed by atoms with E-state index in [4.69, 9.17) is 10.2 Å². The highest BCUT2D eigenvalue weighted by Gasteiger charge is 2.16. The fourth-order valence-corrected chi connectivity index (χ4v) is 3.10. The molecule has 0 fully saturated rings. The number of phenolic OH excluding ortho intramolecular Hbond substituents is 2. The number of rotatable bonds is 12. The Morgan fingerprint density at radius 1 is 0.690 bits per heavy atom. The van der Waals surface area contributed by atoms with Crippen LogP contribution in [0.15, 0.2) is 48.5 Å². The number of hydrogen-bond donors (Lipinski definition) is 4. The molecular formula is C21H26N2O6. The standard InChI is InChI=1S/C21H26N2O6/c24-18-8-3-1-6-16(18)12-22(13-17-7-2-4-9-19(17)25)10-5-11-23(14-20(26)27)15-21(28)29/h1-4,6-9,24-25H,5,10-15H2,(H,26,27)(H,28,29). The zero-order valence-corrected chi connectivity index (χ0v) is 16.1. The Balaban J connectivity index is 2.06. The molecule has 29 heavy (non-hydrogen) atoms. The quantitative estimate of drug-likeness (QED) is 0.425. The first-order valence-electron chi connectivity index (χ1n) is 9.27. The van der Waals surface area contributed by atoms with Gasteiger partial charge >= 0.3 is 11.9 Å². The molecular weight excluding hydrogens is 376 g/mol. The lowest BCUT2D eigenvalue weighted by Gasteiger charge is -2.25. The lowest BCUT2D eigenvalue weighted by atomic mass is 10.1. The van der Waals surface area contributed by atoms with Crippen LogP contribution in [0.5, 0.6) is 11.5 Å². The smallest absolute Gasteiger partial charge is 0.317 e. The topological polar surface area (TPSA) is 122 Å². The molecule has 0 bridgehead atoms. The van der Waals surface area contributed by atoms with Gasteiger partial charge in [0.15, 0.2) is 0 Å². The largest absolute Gasteiger partial charge is 0.508 e. The molecule has 2 rings (SSSR count).